The molecule has 2 aliphatic heterocycles. The lowest BCUT2D eigenvalue weighted by atomic mass is 10.1. The highest BCUT2D eigenvalue weighted by Gasteiger charge is 2.32. The van der Waals surface area contributed by atoms with Gasteiger partial charge >= 0.3 is 6.03 Å². The molecule has 0 unspecified atom stereocenters. The van der Waals surface area contributed by atoms with Crippen molar-refractivity contribution in [3.63, 3.8) is 0 Å². The van der Waals surface area contributed by atoms with E-state index >= 15 is 0 Å². The van der Waals surface area contributed by atoms with Gasteiger partial charge in [0.2, 0.25) is 5.91 Å². The number of nitrogens with zero attached hydrogens (tertiary/aromatic N) is 2. The molecule has 2 N–H and O–H groups in total. The minimum atomic E-state index is -0.713. The average Bonchev–Trinajstić information content (AvgIpc) is 2.94. The lowest BCUT2D eigenvalue weighted by molar-refractivity contribution is -0.123. The topological polar surface area (TPSA) is 91.3 Å². The van der Waals surface area contributed by atoms with Crippen LogP contribution < -0.4 is 19.7 Å². The second-order valence-electron chi connectivity index (χ2n) is 6.77. The van der Waals surface area contributed by atoms with E-state index < -0.39 is 5.54 Å². The highest BCUT2D eigenvalue weighted by Crippen LogP contribution is 2.34. The fraction of sp³-hybridized carbons (Fsp3) is 0.529. The summed E-state index contributed by atoms with van der Waals surface area (Å²) in [6.07, 6.45) is 0. The van der Waals surface area contributed by atoms with E-state index in [4.69, 9.17) is 9.47 Å². The van der Waals surface area contributed by atoms with E-state index in [-0.39, 0.29) is 25.1 Å². The Morgan fingerprint density at radius 3 is 2.68 bits per heavy atom. The molecule has 3 rings (SSSR count). The van der Waals surface area contributed by atoms with Crippen LogP contribution in [0.25, 0.3) is 0 Å². The molecule has 0 aliphatic carbocycles. The number of aliphatic hydroxyl groups excluding tert-OH is 1. The third kappa shape index (κ3) is 3.79. The van der Waals surface area contributed by atoms with Crippen LogP contribution in [0.2, 0.25) is 0 Å². The monoisotopic (exact) mass is 349 g/mol. The van der Waals surface area contributed by atoms with Crippen molar-refractivity contribution in [1.29, 1.82) is 0 Å². The quantitative estimate of drug-likeness (QED) is 0.812. The summed E-state index contributed by atoms with van der Waals surface area (Å²) in [4.78, 5) is 27.8. The van der Waals surface area contributed by atoms with E-state index in [9.17, 15) is 14.7 Å². The normalized spacial score (nSPS) is 17.0. The summed E-state index contributed by atoms with van der Waals surface area (Å²) in [5.41, 5.74) is 0.00268. The molecule has 0 atom stereocenters. The summed E-state index contributed by atoms with van der Waals surface area (Å²) in [5.74, 6) is 0.998. The first-order valence-corrected chi connectivity index (χ1v) is 8.27. The van der Waals surface area contributed by atoms with E-state index in [0.29, 0.717) is 43.5 Å². The first kappa shape index (κ1) is 17.3. The molecule has 0 spiro atoms. The summed E-state index contributed by atoms with van der Waals surface area (Å²) in [5, 5.41) is 11.9. The van der Waals surface area contributed by atoms with Gasteiger partial charge in [-0.05, 0) is 26.0 Å². The van der Waals surface area contributed by atoms with Crippen LogP contribution in [-0.4, -0.2) is 66.9 Å². The van der Waals surface area contributed by atoms with Gasteiger partial charge in [0.1, 0.15) is 19.8 Å². The summed E-state index contributed by atoms with van der Waals surface area (Å²) >= 11 is 0. The molecule has 1 aromatic rings. The van der Waals surface area contributed by atoms with Crippen LogP contribution in [0.1, 0.15) is 13.8 Å². The maximum absolute atomic E-state index is 12.6. The summed E-state index contributed by atoms with van der Waals surface area (Å²) in [6.45, 7) is 5.19. The van der Waals surface area contributed by atoms with Crippen LogP contribution in [0.5, 0.6) is 11.5 Å². The maximum atomic E-state index is 12.6. The molecule has 25 heavy (non-hydrogen) atoms. The van der Waals surface area contributed by atoms with Gasteiger partial charge in [0.15, 0.2) is 11.5 Å². The van der Waals surface area contributed by atoms with Crippen LogP contribution in [0.15, 0.2) is 18.2 Å². The highest BCUT2D eigenvalue weighted by molar-refractivity contribution is 5.96. The lowest BCUT2D eigenvalue weighted by Crippen LogP contribution is -2.50. The predicted octanol–water partition coefficient (Wildman–Crippen LogP) is 0.587. The second kappa shape index (κ2) is 6.79. The van der Waals surface area contributed by atoms with E-state index in [1.54, 1.807) is 30.9 Å². The fourth-order valence-electron chi connectivity index (χ4n) is 2.80. The summed E-state index contributed by atoms with van der Waals surface area (Å²) in [7, 11) is 0. The van der Waals surface area contributed by atoms with Crippen molar-refractivity contribution >= 4 is 17.6 Å². The Morgan fingerprint density at radius 1 is 1.24 bits per heavy atom. The minimum absolute atomic E-state index is 0.0384. The average molecular weight is 349 g/mol. The minimum Gasteiger partial charge on any atom is -0.486 e. The molecule has 1 saturated heterocycles. The molecule has 0 saturated carbocycles. The first-order chi connectivity index (χ1) is 11.9. The third-order valence-corrected chi connectivity index (χ3v) is 4.14. The zero-order valence-electron chi connectivity index (χ0n) is 14.4. The number of rotatable bonds is 5. The Morgan fingerprint density at radius 2 is 1.96 bits per heavy atom. The van der Waals surface area contributed by atoms with E-state index in [2.05, 4.69) is 5.32 Å². The fourth-order valence-corrected chi connectivity index (χ4v) is 2.80. The van der Waals surface area contributed by atoms with Gasteiger partial charge in [-0.15, -0.1) is 0 Å². The standard InChI is InChI=1S/C17H23N3O5/c1-17(2,11-21)18-15(22)10-19-5-6-20(16(19)23)12-3-4-13-14(9-12)25-8-7-24-13/h3-4,9,21H,5-8,10-11H2,1-2H3,(H,18,22). The SMILES string of the molecule is CC(C)(CO)NC(=O)CN1CCN(c2ccc3c(c2)OCCO3)C1=O. The van der Waals surface area contributed by atoms with Crippen LogP contribution in [0.4, 0.5) is 10.5 Å². The van der Waals surface area contributed by atoms with Gasteiger partial charge in [-0.2, -0.15) is 0 Å². The molecular formula is C17H23N3O5. The van der Waals surface area contributed by atoms with Crippen molar-refractivity contribution in [2.45, 2.75) is 19.4 Å². The number of carbonyl (C=O) groups is 2. The largest absolute Gasteiger partial charge is 0.486 e. The van der Waals surface area contributed by atoms with E-state index in [1.807, 2.05) is 6.07 Å². The molecule has 1 aromatic carbocycles. The van der Waals surface area contributed by atoms with Gasteiger partial charge in [-0.25, -0.2) is 4.79 Å². The zero-order valence-corrected chi connectivity index (χ0v) is 14.4. The van der Waals surface area contributed by atoms with Crippen LogP contribution in [0.3, 0.4) is 0 Å². The van der Waals surface area contributed by atoms with Gasteiger partial charge in [-0.3, -0.25) is 9.69 Å². The van der Waals surface area contributed by atoms with Crippen molar-refractivity contribution in [2.24, 2.45) is 0 Å². The molecule has 0 bridgehead atoms. The Labute approximate surface area is 146 Å². The van der Waals surface area contributed by atoms with Crippen LogP contribution in [0, 0.1) is 0 Å². The lowest BCUT2D eigenvalue weighted by Gasteiger charge is -2.25. The first-order valence-electron chi connectivity index (χ1n) is 8.27. The van der Waals surface area contributed by atoms with Crippen molar-refractivity contribution in [1.82, 2.24) is 10.2 Å². The number of hydrogen-bond donors (Lipinski definition) is 2. The molecule has 8 heteroatoms. The van der Waals surface area contributed by atoms with Crippen LogP contribution in [-0.2, 0) is 4.79 Å². The zero-order chi connectivity index (χ0) is 18.0. The van der Waals surface area contributed by atoms with Crippen molar-refractivity contribution in [2.75, 3.05) is 44.4 Å². The number of urea groups is 1. The van der Waals surface area contributed by atoms with E-state index in [0.717, 1.165) is 0 Å². The number of ether oxygens (including phenoxy) is 2. The van der Waals surface area contributed by atoms with Gasteiger partial charge in [0.05, 0.1) is 12.1 Å². The Balaban J connectivity index is 1.65. The van der Waals surface area contributed by atoms with Gasteiger partial charge in [0, 0.05) is 24.8 Å². The molecular weight excluding hydrogens is 326 g/mol. The maximum Gasteiger partial charge on any atom is 0.325 e. The summed E-state index contributed by atoms with van der Waals surface area (Å²) < 4.78 is 11.0. The van der Waals surface area contributed by atoms with Gasteiger partial charge < -0.3 is 24.8 Å². The summed E-state index contributed by atoms with van der Waals surface area (Å²) in [6, 6.07) is 5.15. The predicted molar refractivity (Wildman–Crippen MR) is 91.1 cm³/mol. The molecule has 0 aromatic heterocycles. The molecule has 8 nitrogen and oxygen atoms in total. The number of benzene rings is 1. The number of fused-ring (bicyclic) bond motifs is 1. The smallest absolute Gasteiger partial charge is 0.325 e. The molecule has 2 aliphatic rings. The van der Waals surface area contributed by atoms with E-state index in [1.165, 1.54) is 4.90 Å². The molecule has 136 valence electrons. The number of anilines is 1. The Bertz CT molecular complexity index is 676. The molecule has 1 fully saturated rings. The second-order valence-corrected chi connectivity index (χ2v) is 6.77. The number of carbonyl (C=O) groups excluding carboxylic acids is 2. The van der Waals surface area contributed by atoms with Crippen LogP contribution >= 0.6 is 0 Å². The highest BCUT2D eigenvalue weighted by atomic mass is 16.6. The van der Waals surface area contributed by atoms with Crippen molar-refractivity contribution < 1.29 is 24.2 Å². The number of hydrogen-bond acceptors (Lipinski definition) is 5. The van der Waals surface area contributed by atoms with Gasteiger partial charge in [0.25, 0.3) is 0 Å². The van der Waals surface area contributed by atoms with Crippen molar-refractivity contribution in [3.8, 4) is 11.5 Å². The number of nitrogens with one attached hydrogen (secondary N) is 1. The van der Waals surface area contributed by atoms with Crippen molar-refractivity contribution in [3.05, 3.63) is 18.2 Å². The third-order valence-electron chi connectivity index (χ3n) is 4.14. The Hall–Kier alpha value is -2.48. The Kier molecular flexibility index (Phi) is 4.71. The number of aliphatic hydroxyl groups is 1. The van der Waals surface area contributed by atoms with Gasteiger partial charge in [-0.1, -0.05) is 0 Å². The molecule has 2 heterocycles. The molecule has 3 amide bonds. The number of amides is 3. The molecule has 0 radical (unpaired) electrons.